The third-order valence-electron chi connectivity index (χ3n) is 6.58. The van der Waals surface area contributed by atoms with E-state index in [4.69, 9.17) is 4.98 Å². The van der Waals surface area contributed by atoms with E-state index in [9.17, 15) is 9.59 Å². The quantitative estimate of drug-likeness (QED) is 0.742. The van der Waals surface area contributed by atoms with Crippen molar-refractivity contribution in [3.63, 3.8) is 0 Å². The third kappa shape index (κ3) is 3.64. The van der Waals surface area contributed by atoms with E-state index in [1.165, 1.54) is 0 Å². The number of anilines is 1. The number of benzene rings is 1. The summed E-state index contributed by atoms with van der Waals surface area (Å²) in [6.07, 6.45) is 3.49. The normalized spacial score (nSPS) is 21.0. The van der Waals surface area contributed by atoms with Crippen LogP contribution in [0.4, 0.5) is 10.5 Å². The Hall–Kier alpha value is -2.63. The molecule has 30 heavy (non-hydrogen) atoms. The van der Waals surface area contributed by atoms with Gasteiger partial charge in [-0.3, -0.25) is 4.79 Å². The van der Waals surface area contributed by atoms with Gasteiger partial charge in [-0.1, -0.05) is 32.9 Å². The highest BCUT2D eigenvalue weighted by Crippen LogP contribution is 2.43. The number of aryl methyl sites for hydroxylation is 2. The van der Waals surface area contributed by atoms with Gasteiger partial charge in [-0.25, -0.2) is 9.78 Å². The number of aromatic nitrogens is 2. The van der Waals surface area contributed by atoms with Gasteiger partial charge in [-0.15, -0.1) is 0 Å². The molecule has 1 aliphatic heterocycles. The molecule has 1 saturated heterocycles. The van der Waals surface area contributed by atoms with Gasteiger partial charge in [0.15, 0.2) is 0 Å². The Morgan fingerprint density at radius 2 is 2.00 bits per heavy atom. The van der Waals surface area contributed by atoms with Crippen LogP contribution >= 0.6 is 0 Å². The third-order valence-corrected chi connectivity index (χ3v) is 6.58. The predicted octanol–water partition coefficient (Wildman–Crippen LogP) is 4.20. The van der Waals surface area contributed by atoms with Crippen LogP contribution in [0.2, 0.25) is 0 Å². The smallest absolute Gasteiger partial charge is 0.321 e. The summed E-state index contributed by atoms with van der Waals surface area (Å²) >= 11 is 0. The van der Waals surface area contributed by atoms with Crippen LogP contribution in [0.5, 0.6) is 0 Å². The number of nitrogens with zero attached hydrogens (tertiary/aromatic N) is 2. The number of aromatic amines is 1. The minimum absolute atomic E-state index is 0.0150. The number of likely N-dealkylation sites (tertiary alicyclic amines) is 1. The molecule has 0 saturated carbocycles. The maximum absolute atomic E-state index is 13.1. The van der Waals surface area contributed by atoms with Crippen molar-refractivity contribution in [1.82, 2.24) is 14.9 Å². The van der Waals surface area contributed by atoms with E-state index in [0.29, 0.717) is 6.54 Å². The van der Waals surface area contributed by atoms with E-state index in [1.807, 2.05) is 36.9 Å². The molecule has 2 aromatic rings. The second-order valence-electron chi connectivity index (χ2n) is 10.0. The fourth-order valence-electron chi connectivity index (χ4n) is 4.77. The molecule has 1 aliphatic carbocycles. The van der Waals surface area contributed by atoms with Crippen LogP contribution in [-0.2, 0) is 17.3 Å². The second kappa shape index (κ2) is 7.25. The number of hydrogen-bond donors (Lipinski definition) is 2. The highest BCUT2D eigenvalue weighted by molar-refractivity contribution is 5.90. The fraction of sp³-hybridized carbons (Fsp3) is 0.542. The first kappa shape index (κ1) is 20.6. The first-order valence-electron chi connectivity index (χ1n) is 10.9. The lowest BCUT2D eigenvalue weighted by atomic mass is 9.77. The molecule has 6 nitrogen and oxygen atoms in total. The lowest BCUT2D eigenvalue weighted by molar-refractivity contribution is 0.157. The minimum atomic E-state index is -0.230. The van der Waals surface area contributed by atoms with Crippen molar-refractivity contribution in [3.8, 4) is 0 Å². The van der Waals surface area contributed by atoms with Crippen LogP contribution in [0.15, 0.2) is 23.0 Å². The van der Waals surface area contributed by atoms with Crippen LogP contribution < -0.4 is 10.9 Å². The van der Waals surface area contributed by atoms with E-state index in [2.05, 4.69) is 31.1 Å². The molecular weight excluding hydrogens is 376 g/mol. The molecule has 1 aromatic carbocycles. The Labute approximate surface area is 178 Å². The number of hydrogen-bond acceptors (Lipinski definition) is 3. The number of fused-ring (bicyclic) bond motifs is 2. The van der Waals surface area contributed by atoms with E-state index in [0.717, 1.165) is 66.1 Å². The molecule has 1 aromatic heterocycles. The fourth-order valence-corrected chi connectivity index (χ4v) is 4.77. The first-order valence-corrected chi connectivity index (χ1v) is 10.9. The number of H-pyrrole nitrogens is 1. The highest BCUT2D eigenvalue weighted by atomic mass is 16.2. The molecular formula is C24H32N4O2. The molecule has 1 unspecified atom stereocenters. The van der Waals surface area contributed by atoms with Gasteiger partial charge in [0.25, 0.3) is 5.56 Å². The molecule has 2 aliphatic rings. The van der Waals surface area contributed by atoms with Gasteiger partial charge in [0.1, 0.15) is 5.82 Å². The van der Waals surface area contributed by atoms with E-state index < -0.39 is 0 Å². The molecule has 2 amide bonds. The van der Waals surface area contributed by atoms with E-state index in [1.54, 1.807) is 0 Å². The summed E-state index contributed by atoms with van der Waals surface area (Å²) in [4.78, 5) is 35.7. The molecule has 2 heterocycles. The van der Waals surface area contributed by atoms with Gasteiger partial charge in [-0.05, 0) is 56.7 Å². The zero-order valence-corrected chi connectivity index (χ0v) is 18.7. The maximum Gasteiger partial charge on any atom is 0.321 e. The second-order valence-corrected chi connectivity index (χ2v) is 10.0. The topological polar surface area (TPSA) is 78.1 Å². The summed E-state index contributed by atoms with van der Waals surface area (Å²) in [6.45, 7) is 11.5. The van der Waals surface area contributed by atoms with Crippen molar-refractivity contribution in [3.05, 3.63) is 56.8 Å². The van der Waals surface area contributed by atoms with E-state index in [-0.39, 0.29) is 22.4 Å². The molecule has 4 rings (SSSR count). The molecule has 6 heteroatoms. The van der Waals surface area contributed by atoms with Crippen LogP contribution in [-0.4, -0.2) is 34.0 Å². The zero-order valence-electron chi connectivity index (χ0n) is 18.7. The van der Waals surface area contributed by atoms with Gasteiger partial charge in [0, 0.05) is 35.2 Å². The van der Waals surface area contributed by atoms with Crippen LogP contribution in [0, 0.1) is 13.8 Å². The maximum atomic E-state index is 13.1. The molecule has 1 spiro atoms. The van der Waals surface area contributed by atoms with Crippen molar-refractivity contribution in [2.45, 2.75) is 71.1 Å². The number of piperidine rings is 1. The van der Waals surface area contributed by atoms with Gasteiger partial charge < -0.3 is 15.2 Å². The SMILES string of the molecule is Cc1ccc(C)c(NC(=O)N2CCCC3(CCc4c3nc(C(C)(C)C)[nH]c4=O)C2)c1. The average molecular weight is 409 g/mol. The summed E-state index contributed by atoms with van der Waals surface area (Å²) in [6, 6.07) is 6.01. The van der Waals surface area contributed by atoms with Crippen molar-refractivity contribution >= 4 is 11.7 Å². The molecule has 0 radical (unpaired) electrons. The summed E-state index contributed by atoms with van der Waals surface area (Å²) < 4.78 is 0. The van der Waals surface area contributed by atoms with Crippen LogP contribution in [0.25, 0.3) is 0 Å². The van der Waals surface area contributed by atoms with Crippen molar-refractivity contribution in [1.29, 1.82) is 0 Å². The van der Waals surface area contributed by atoms with Crippen molar-refractivity contribution in [2.24, 2.45) is 0 Å². The Balaban J connectivity index is 1.62. The number of carbonyl (C=O) groups is 1. The number of rotatable bonds is 1. The lowest BCUT2D eigenvalue weighted by Crippen LogP contribution is -2.49. The van der Waals surface area contributed by atoms with Crippen molar-refractivity contribution < 1.29 is 4.79 Å². The Morgan fingerprint density at radius 3 is 2.73 bits per heavy atom. The van der Waals surface area contributed by atoms with Crippen LogP contribution in [0.1, 0.15) is 68.2 Å². The Bertz CT molecular complexity index is 1050. The van der Waals surface area contributed by atoms with E-state index >= 15 is 0 Å². The summed E-state index contributed by atoms with van der Waals surface area (Å²) in [5, 5.41) is 3.10. The van der Waals surface area contributed by atoms with Gasteiger partial charge >= 0.3 is 6.03 Å². The Morgan fingerprint density at radius 1 is 1.23 bits per heavy atom. The first-order chi connectivity index (χ1) is 14.1. The molecule has 160 valence electrons. The van der Waals surface area contributed by atoms with Gasteiger partial charge in [0.05, 0.1) is 5.69 Å². The largest absolute Gasteiger partial charge is 0.324 e. The number of carbonyl (C=O) groups excluding carboxylic acids is 1. The van der Waals surface area contributed by atoms with Crippen LogP contribution in [0.3, 0.4) is 0 Å². The van der Waals surface area contributed by atoms with Crippen molar-refractivity contribution in [2.75, 3.05) is 18.4 Å². The highest BCUT2D eigenvalue weighted by Gasteiger charge is 2.46. The zero-order chi connectivity index (χ0) is 21.7. The summed E-state index contributed by atoms with van der Waals surface area (Å²) in [5.41, 5.74) is 4.28. The van der Waals surface area contributed by atoms with Gasteiger partial charge in [0.2, 0.25) is 0 Å². The molecule has 1 atom stereocenters. The summed E-state index contributed by atoms with van der Waals surface area (Å²) in [7, 11) is 0. The van der Waals surface area contributed by atoms with Gasteiger partial charge in [-0.2, -0.15) is 0 Å². The summed E-state index contributed by atoms with van der Waals surface area (Å²) in [5.74, 6) is 0.726. The number of amides is 2. The Kier molecular flexibility index (Phi) is 4.99. The molecule has 1 fully saturated rings. The standard InChI is InChI=1S/C24H32N4O2/c1-15-7-8-16(2)18(13-15)25-22(30)28-12-6-10-24(14-28)11-9-17-19(24)26-21(23(3,4)5)27-20(17)29/h7-8,13H,6,9-12,14H2,1-5H3,(H,25,30)(H,26,27,29). The molecule has 2 N–H and O–H groups in total. The lowest BCUT2D eigenvalue weighted by Gasteiger charge is -2.40. The molecule has 0 bridgehead atoms. The number of nitrogens with one attached hydrogen (secondary N) is 2. The minimum Gasteiger partial charge on any atom is -0.324 e. The monoisotopic (exact) mass is 408 g/mol. The number of urea groups is 1. The average Bonchev–Trinajstić information content (AvgIpc) is 3.02. The predicted molar refractivity (Wildman–Crippen MR) is 119 cm³/mol.